The molecule has 0 bridgehead atoms. The number of amides is 1. The molecule has 7 nitrogen and oxygen atoms in total. The molecule has 1 atom stereocenters. The van der Waals surface area contributed by atoms with Gasteiger partial charge in [-0.1, -0.05) is 0 Å². The molecule has 1 amide bonds. The van der Waals surface area contributed by atoms with Gasteiger partial charge in [0.05, 0.1) is 13.2 Å². The maximum atomic E-state index is 12.8. The Morgan fingerprint density at radius 2 is 1.88 bits per heavy atom. The molecule has 4 heterocycles. The lowest BCUT2D eigenvalue weighted by atomic mass is 9.87. The lowest BCUT2D eigenvalue weighted by Gasteiger charge is -2.31. The van der Waals surface area contributed by atoms with Crippen LogP contribution in [-0.2, 0) is 4.74 Å². The molecule has 2 aliphatic heterocycles. The highest BCUT2D eigenvalue weighted by Gasteiger charge is 2.43. The molecule has 2 fully saturated rings. The number of hydrogen-bond acceptors (Lipinski definition) is 6. The topological polar surface area (TPSA) is 71.5 Å². The molecule has 4 rings (SSSR count). The van der Waals surface area contributed by atoms with Crippen LogP contribution in [0.4, 0.5) is 5.95 Å². The molecule has 2 aromatic heterocycles. The van der Waals surface area contributed by atoms with Crippen LogP contribution in [0.1, 0.15) is 16.8 Å². The molecule has 1 spiro atoms. The molecule has 0 N–H and O–H groups in total. The minimum atomic E-state index is -0.0710. The highest BCUT2D eigenvalue weighted by molar-refractivity contribution is 5.94. The maximum absolute atomic E-state index is 12.8. The fourth-order valence-corrected chi connectivity index (χ4v) is 3.65. The van der Waals surface area contributed by atoms with Gasteiger partial charge in [-0.2, -0.15) is 0 Å². The van der Waals surface area contributed by atoms with Gasteiger partial charge in [-0.15, -0.1) is 0 Å². The Bertz CT molecular complexity index is 727. The lowest BCUT2D eigenvalue weighted by molar-refractivity contribution is 0.0690. The van der Waals surface area contributed by atoms with Crippen molar-refractivity contribution in [1.82, 2.24) is 19.9 Å². The summed E-state index contributed by atoms with van der Waals surface area (Å²) in [6, 6.07) is 5.35. The Morgan fingerprint density at radius 3 is 2.68 bits per heavy atom. The van der Waals surface area contributed by atoms with E-state index in [2.05, 4.69) is 19.9 Å². The molecule has 130 valence electrons. The minimum absolute atomic E-state index is 0.0432. The molecule has 25 heavy (non-hydrogen) atoms. The molecule has 0 radical (unpaired) electrons. The van der Waals surface area contributed by atoms with E-state index in [1.54, 1.807) is 36.9 Å². The van der Waals surface area contributed by atoms with Crippen molar-refractivity contribution in [2.45, 2.75) is 6.42 Å². The normalized spacial score (nSPS) is 23.7. The van der Waals surface area contributed by atoms with Gasteiger partial charge in [0.1, 0.15) is 0 Å². The summed E-state index contributed by atoms with van der Waals surface area (Å²) in [5, 5.41) is 0. The van der Waals surface area contributed by atoms with E-state index in [1.807, 2.05) is 11.0 Å². The number of pyridine rings is 1. The van der Waals surface area contributed by atoms with E-state index in [1.165, 1.54) is 0 Å². The maximum Gasteiger partial charge on any atom is 0.254 e. The summed E-state index contributed by atoms with van der Waals surface area (Å²) in [5.74, 6) is 0.789. The zero-order chi connectivity index (χ0) is 17.1. The van der Waals surface area contributed by atoms with E-state index >= 15 is 0 Å². The predicted octanol–water partition coefficient (Wildman–Crippen LogP) is 1.24. The molecule has 2 saturated heterocycles. The average Bonchev–Trinajstić information content (AvgIpc) is 2.97. The number of carbonyl (C=O) groups is 1. The Kier molecular flexibility index (Phi) is 4.31. The van der Waals surface area contributed by atoms with E-state index in [4.69, 9.17) is 4.74 Å². The third kappa shape index (κ3) is 3.32. The van der Waals surface area contributed by atoms with Crippen LogP contribution < -0.4 is 4.90 Å². The van der Waals surface area contributed by atoms with Gasteiger partial charge in [0.25, 0.3) is 5.91 Å². The predicted molar refractivity (Wildman–Crippen MR) is 92.3 cm³/mol. The molecule has 7 heteroatoms. The first kappa shape index (κ1) is 16.0. The quantitative estimate of drug-likeness (QED) is 0.820. The minimum Gasteiger partial charge on any atom is -0.379 e. The SMILES string of the molecule is O=C(c1ccncc1)N1CCOC[C@]2(CCN(c3ncccn3)C2)C1. The van der Waals surface area contributed by atoms with Crippen LogP contribution in [0.25, 0.3) is 0 Å². The Morgan fingerprint density at radius 1 is 1.08 bits per heavy atom. The summed E-state index contributed by atoms with van der Waals surface area (Å²) in [4.78, 5) is 29.6. The van der Waals surface area contributed by atoms with E-state index < -0.39 is 0 Å². The first-order valence-corrected chi connectivity index (χ1v) is 8.55. The third-order valence-electron chi connectivity index (χ3n) is 4.93. The first-order chi connectivity index (χ1) is 12.3. The number of hydrogen-bond donors (Lipinski definition) is 0. The summed E-state index contributed by atoms with van der Waals surface area (Å²) in [7, 11) is 0. The van der Waals surface area contributed by atoms with Gasteiger partial charge in [-0.3, -0.25) is 9.78 Å². The number of aromatic nitrogens is 3. The fourth-order valence-electron chi connectivity index (χ4n) is 3.65. The van der Waals surface area contributed by atoms with Crippen molar-refractivity contribution in [3.05, 3.63) is 48.5 Å². The molecule has 2 aromatic rings. The summed E-state index contributed by atoms with van der Waals surface area (Å²) < 4.78 is 5.86. The van der Waals surface area contributed by atoms with Crippen LogP contribution in [0.5, 0.6) is 0 Å². The van der Waals surface area contributed by atoms with Crippen molar-refractivity contribution in [3.63, 3.8) is 0 Å². The Balaban J connectivity index is 1.51. The summed E-state index contributed by atoms with van der Waals surface area (Å²) in [6.07, 6.45) is 7.79. The molecular formula is C18H21N5O2. The number of nitrogens with zero attached hydrogens (tertiary/aromatic N) is 5. The zero-order valence-electron chi connectivity index (χ0n) is 14.0. The second-order valence-corrected chi connectivity index (χ2v) is 6.74. The molecule has 0 saturated carbocycles. The number of ether oxygens (including phenoxy) is 1. The molecular weight excluding hydrogens is 318 g/mol. The van der Waals surface area contributed by atoms with Crippen molar-refractivity contribution in [1.29, 1.82) is 0 Å². The van der Waals surface area contributed by atoms with Gasteiger partial charge in [-0.25, -0.2) is 9.97 Å². The standard InChI is InChI=1S/C18H21N5O2/c24-16(15-2-7-19-8-3-15)22-10-11-25-14-18(12-22)4-9-23(13-18)17-20-5-1-6-21-17/h1-3,5-8H,4,9-14H2/t18-/m1/s1. The van der Waals surface area contributed by atoms with Gasteiger partial charge in [0, 0.05) is 61.9 Å². The van der Waals surface area contributed by atoms with Crippen molar-refractivity contribution >= 4 is 11.9 Å². The monoisotopic (exact) mass is 339 g/mol. The largest absolute Gasteiger partial charge is 0.379 e. The first-order valence-electron chi connectivity index (χ1n) is 8.55. The van der Waals surface area contributed by atoms with Crippen LogP contribution in [0.2, 0.25) is 0 Å². The van der Waals surface area contributed by atoms with E-state index in [9.17, 15) is 4.79 Å². The van der Waals surface area contributed by atoms with Crippen molar-refractivity contribution in [2.24, 2.45) is 5.41 Å². The summed E-state index contributed by atoms with van der Waals surface area (Å²) >= 11 is 0. The second-order valence-electron chi connectivity index (χ2n) is 6.74. The summed E-state index contributed by atoms with van der Waals surface area (Å²) in [5.41, 5.74) is 0.603. The van der Waals surface area contributed by atoms with Crippen LogP contribution in [-0.4, -0.2) is 65.2 Å². The molecule has 0 unspecified atom stereocenters. The Hall–Kier alpha value is -2.54. The molecule has 2 aliphatic rings. The van der Waals surface area contributed by atoms with Gasteiger partial charge < -0.3 is 14.5 Å². The summed E-state index contributed by atoms with van der Waals surface area (Å²) in [6.45, 7) is 4.22. The third-order valence-corrected chi connectivity index (χ3v) is 4.93. The fraction of sp³-hybridized carbons (Fsp3) is 0.444. The van der Waals surface area contributed by atoms with Crippen molar-refractivity contribution in [3.8, 4) is 0 Å². The van der Waals surface area contributed by atoms with Gasteiger partial charge in [0.15, 0.2) is 0 Å². The number of rotatable bonds is 2. The van der Waals surface area contributed by atoms with Crippen molar-refractivity contribution in [2.75, 3.05) is 44.3 Å². The molecule has 0 aliphatic carbocycles. The Labute approximate surface area is 146 Å². The highest BCUT2D eigenvalue weighted by atomic mass is 16.5. The zero-order valence-corrected chi connectivity index (χ0v) is 14.0. The molecule has 0 aromatic carbocycles. The smallest absolute Gasteiger partial charge is 0.254 e. The van der Waals surface area contributed by atoms with Crippen LogP contribution in [0.15, 0.2) is 43.0 Å². The van der Waals surface area contributed by atoms with Crippen LogP contribution in [0.3, 0.4) is 0 Å². The number of anilines is 1. The van der Waals surface area contributed by atoms with Gasteiger partial charge >= 0.3 is 0 Å². The van der Waals surface area contributed by atoms with E-state index in [-0.39, 0.29) is 11.3 Å². The number of carbonyl (C=O) groups excluding carboxylic acids is 1. The van der Waals surface area contributed by atoms with E-state index in [0.29, 0.717) is 31.9 Å². The van der Waals surface area contributed by atoms with Crippen molar-refractivity contribution < 1.29 is 9.53 Å². The highest BCUT2D eigenvalue weighted by Crippen LogP contribution is 2.35. The lowest BCUT2D eigenvalue weighted by Crippen LogP contribution is -2.43. The average molecular weight is 339 g/mol. The second kappa shape index (κ2) is 6.76. The van der Waals surface area contributed by atoms with Crippen LogP contribution in [0, 0.1) is 5.41 Å². The van der Waals surface area contributed by atoms with Gasteiger partial charge in [0.2, 0.25) is 5.95 Å². The van der Waals surface area contributed by atoms with E-state index in [0.717, 1.165) is 25.5 Å². The van der Waals surface area contributed by atoms with Gasteiger partial charge in [-0.05, 0) is 24.6 Å². The van der Waals surface area contributed by atoms with Crippen LogP contribution >= 0.6 is 0 Å².